The van der Waals surface area contributed by atoms with E-state index in [2.05, 4.69) is 47.9 Å². The van der Waals surface area contributed by atoms with Crippen molar-refractivity contribution in [2.75, 3.05) is 0 Å². The second kappa shape index (κ2) is 4.64. The molecule has 2 aromatic rings. The van der Waals surface area contributed by atoms with Crippen molar-refractivity contribution in [2.45, 2.75) is 44.9 Å². The van der Waals surface area contributed by atoms with Crippen molar-refractivity contribution in [3.05, 3.63) is 46.4 Å². The molecule has 0 aliphatic rings. The number of hydrogen-bond acceptors (Lipinski definition) is 3. The lowest BCUT2D eigenvalue weighted by molar-refractivity contribution is 0.335. The van der Waals surface area contributed by atoms with Gasteiger partial charge in [0.05, 0.1) is 12.0 Å². The summed E-state index contributed by atoms with van der Waals surface area (Å²) in [6.07, 6.45) is 4.44. The molecule has 2 rings (SSSR count). The Kier molecular flexibility index (Phi) is 3.30. The van der Waals surface area contributed by atoms with Gasteiger partial charge in [0.15, 0.2) is 0 Å². The summed E-state index contributed by atoms with van der Waals surface area (Å²) in [5.41, 5.74) is 1.63. The summed E-state index contributed by atoms with van der Waals surface area (Å²) in [6.45, 7) is 8.61. The SMILES string of the molecule is CC(C)(CC(C)(C)c1cnc[nH]1)c1ccc(=O)[nH]n1. The fraction of sp³-hybridized carbons (Fsp3) is 0.500. The molecule has 0 amide bonds. The molecule has 0 unspecified atom stereocenters. The van der Waals surface area contributed by atoms with Gasteiger partial charge in [-0.2, -0.15) is 5.10 Å². The van der Waals surface area contributed by atoms with Crippen LogP contribution >= 0.6 is 0 Å². The monoisotopic (exact) mass is 260 g/mol. The van der Waals surface area contributed by atoms with Gasteiger partial charge >= 0.3 is 0 Å². The molecule has 0 atom stereocenters. The van der Waals surface area contributed by atoms with Gasteiger partial charge in [0.2, 0.25) is 0 Å². The molecule has 102 valence electrons. The van der Waals surface area contributed by atoms with Crippen LogP contribution in [0.2, 0.25) is 0 Å². The van der Waals surface area contributed by atoms with Crippen LogP contribution in [0.5, 0.6) is 0 Å². The van der Waals surface area contributed by atoms with E-state index in [1.807, 2.05) is 6.20 Å². The van der Waals surface area contributed by atoms with E-state index >= 15 is 0 Å². The van der Waals surface area contributed by atoms with Crippen LogP contribution in [0.1, 0.15) is 45.5 Å². The average molecular weight is 260 g/mol. The summed E-state index contributed by atoms with van der Waals surface area (Å²) < 4.78 is 0. The normalized spacial score (nSPS) is 12.6. The van der Waals surface area contributed by atoms with Crippen LogP contribution in [0.4, 0.5) is 0 Å². The third kappa shape index (κ3) is 2.92. The molecule has 19 heavy (non-hydrogen) atoms. The molecule has 5 heteroatoms. The van der Waals surface area contributed by atoms with Gasteiger partial charge in [-0.25, -0.2) is 10.1 Å². The van der Waals surface area contributed by atoms with Crippen LogP contribution < -0.4 is 5.56 Å². The Morgan fingerprint density at radius 3 is 2.42 bits per heavy atom. The van der Waals surface area contributed by atoms with Crippen LogP contribution in [0.15, 0.2) is 29.5 Å². The van der Waals surface area contributed by atoms with E-state index in [0.717, 1.165) is 17.8 Å². The molecule has 0 aromatic carbocycles. The van der Waals surface area contributed by atoms with Crippen molar-refractivity contribution in [2.24, 2.45) is 0 Å². The third-order valence-corrected chi connectivity index (χ3v) is 3.48. The number of aromatic amines is 2. The number of H-pyrrole nitrogens is 2. The van der Waals surface area contributed by atoms with E-state index in [4.69, 9.17) is 0 Å². The summed E-state index contributed by atoms with van der Waals surface area (Å²) in [5.74, 6) is 0. The quantitative estimate of drug-likeness (QED) is 0.884. The number of nitrogens with one attached hydrogen (secondary N) is 2. The Bertz CT molecular complexity index is 576. The number of rotatable bonds is 4. The molecule has 5 nitrogen and oxygen atoms in total. The lowest BCUT2D eigenvalue weighted by Crippen LogP contribution is -2.31. The summed E-state index contributed by atoms with van der Waals surface area (Å²) >= 11 is 0. The van der Waals surface area contributed by atoms with Gasteiger partial charge in [-0.3, -0.25) is 4.79 Å². The molecule has 0 aliphatic heterocycles. The predicted octanol–water partition coefficient (Wildman–Crippen LogP) is 2.14. The fourth-order valence-corrected chi connectivity index (χ4v) is 2.64. The van der Waals surface area contributed by atoms with E-state index in [-0.39, 0.29) is 16.4 Å². The summed E-state index contributed by atoms with van der Waals surface area (Å²) in [5, 5.41) is 6.65. The van der Waals surface area contributed by atoms with Crippen molar-refractivity contribution >= 4 is 0 Å². The predicted molar refractivity (Wildman–Crippen MR) is 74.1 cm³/mol. The Morgan fingerprint density at radius 2 is 1.89 bits per heavy atom. The molecule has 0 bridgehead atoms. The number of aromatic nitrogens is 4. The molecule has 2 N–H and O–H groups in total. The van der Waals surface area contributed by atoms with E-state index in [1.165, 1.54) is 6.07 Å². The molecule has 0 spiro atoms. The third-order valence-electron chi connectivity index (χ3n) is 3.48. The fourth-order valence-electron chi connectivity index (χ4n) is 2.64. The molecule has 0 fully saturated rings. The first-order chi connectivity index (χ1) is 8.81. The van der Waals surface area contributed by atoms with Gasteiger partial charge in [0.25, 0.3) is 5.56 Å². The zero-order chi connectivity index (χ0) is 14.1. The van der Waals surface area contributed by atoms with Crippen molar-refractivity contribution in [3.8, 4) is 0 Å². The highest BCUT2D eigenvalue weighted by Gasteiger charge is 2.33. The van der Waals surface area contributed by atoms with Crippen molar-refractivity contribution in [1.82, 2.24) is 20.2 Å². The maximum Gasteiger partial charge on any atom is 0.264 e. The first-order valence-electron chi connectivity index (χ1n) is 6.36. The van der Waals surface area contributed by atoms with Crippen molar-refractivity contribution < 1.29 is 0 Å². The minimum Gasteiger partial charge on any atom is -0.348 e. The van der Waals surface area contributed by atoms with Crippen LogP contribution in [0.3, 0.4) is 0 Å². The molecular formula is C14H20N4O. The molecule has 2 heterocycles. The second-order valence-corrected chi connectivity index (χ2v) is 6.22. The first kappa shape index (κ1) is 13.5. The van der Waals surface area contributed by atoms with E-state index in [0.29, 0.717) is 0 Å². The Hall–Kier alpha value is -1.91. The molecule has 0 aliphatic carbocycles. The van der Waals surface area contributed by atoms with Gasteiger partial charge in [0, 0.05) is 28.8 Å². The van der Waals surface area contributed by atoms with Crippen LogP contribution in [-0.2, 0) is 10.8 Å². The Balaban J connectivity index is 2.26. The topological polar surface area (TPSA) is 74.4 Å². The van der Waals surface area contributed by atoms with Gasteiger partial charge in [-0.1, -0.05) is 27.7 Å². The minimum atomic E-state index is -0.174. The highest BCUT2D eigenvalue weighted by molar-refractivity contribution is 5.18. The lowest BCUT2D eigenvalue weighted by atomic mass is 9.72. The molecular weight excluding hydrogens is 240 g/mol. The van der Waals surface area contributed by atoms with Crippen LogP contribution in [0, 0.1) is 0 Å². The Morgan fingerprint density at radius 1 is 1.16 bits per heavy atom. The lowest BCUT2D eigenvalue weighted by Gasteiger charge is -2.33. The molecule has 0 saturated carbocycles. The number of hydrogen-bond donors (Lipinski definition) is 2. The maximum absolute atomic E-state index is 11.1. The van der Waals surface area contributed by atoms with Gasteiger partial charge in [-0.05, 0) is 12.5 Å². The van der Waals surface area contributed by atoms with Crippen LogP contribution in [-0.4, -0.2) is 20.2 Å². The maximum atomic E-state index is 11.1. The highest BCUT2D eigenvalue weighted by atomic mass is 16.1. The van der Waals surface area contributed by atoms with Gasteiger partial charge in [0.1, 0.15) is 0 Å². The Labute approximate surface area is 112 Å². The average Bonchev–Trinajstić information content (AvgIpc) is 2.82. The summed E-state index contributed by atoms with van der Waals surface area (Å²) in [7, 11) is 0. The standard InChI is InChI=1S/C14H20N4O/c1-13(2,10-5-6-12(19)18-17-10)8-14(3,4)11-7-15-9-16-11/h5-7,9H,8H2,1-4H3,(H,15,16)(H,18,19). The first-order valence-corrected chi connectivity index (χ1v) is 6.36. The highest BCUT2D eigenvalue weighted by Crippen LogP contribution is 2.36. The summed E-state index contributed by atoms with van der Waals surface area (Å²) in [6, 6.07) is 3.31. The minimum absolute atomic E-state index is 0.0438. The zero-order valence-electron chi connectivity index (χ0n) is 11.8. The molecule has 0 saturated heterocycles. The second-order valence-electron chi connectivity index (χ2n) is 6.22. The molecule has 2 aromatic heterocycles. The van der Waals surface area contributed by atoms with E-state index < -0.39 is 0 Å². The number of imidazole rings is 1. The largest absolute Gasteiger partial charge is 0.348 e. The van der Waals surface area contributed by atoms with Gasteiger partial charge in [-0.15, -0.1) is 0 Å². The van der Waals surface area contributed by atoms with Crippen molar-refractivity contribution in [3.63, 3.8) is 0 Å². The molecule has 0 radical (unpaired) electrons. The van der Waals surface area contributed by atoms with Crippen LogP contribution in [0.25, 0.3) is 0 Å². The van der Waals surface area contributed by atoms with Crippen molar-refractivity contribution in [1.29, 1.82) is 0 Å². The van der Waals surface area contributed by atoms with Gasteiger partial charge < -0.3 is 4.98 Å². The number of nitrogens with zero attached hydrogens (tertiary/aromatic N) is 2. The summed E-state index contributed by atoms with van der Waals surface area (Å²) in [4.78, 5) is 18.3. The zero-order valence-corrected chi connectivity index (χ0v) is 11.8. The van der Waals surface area contributed by atoms with E-state index in [9.17, 15) is 4.79 Å². The smallest absolute Gasteiger partial charge is 0.264 e. The van der Waals surface area contributed by atoms with E-state index in [1.54, 1.807) is 12.4 Å².